The van der Waals surface area contributed by atoms with Gasteiger partial charge >= 0.3 is 0 Å². The van der Waals surface area contributed by atoms with Crippen molar-refractivity contribution < 1.29 is 14.6 Å². The van der Waals surface area contributed by atoms with E-state index in [1.54, 1.807) is 24.3 Å². The van der Waals surface area contributed by atoms with Crippen molar-refractivity contribution in [3.8, 4) is 23.0 Å². The molecule has 3 aromatic carbocycles. The summed E-state index contributed by atoms with van der Waals surface area (Å²) < 4.78 is 11.5. The zero-order chi connectivity index (χ0) is 15.2. The molecule has 0 aliphatic carbocycles. The Balaban J connectivity index is 1.65. The number of phenolic OH excluding ortho intramolecular Hbond substituents is 1. The summed E-state index contributed by atoms with van der Waals surface area (Å²) in [5, 5.41) is 9.25. The van der Waals surface area contributed by atoms with Crippen molar-refractivity contribution in [2.75, 3.05) is 0 Å². The highest BCUT2D eigenvalue weighted by atomic mass is 16.5. The molecular weight excluding hydrogens is 276 g/mol. The molecule has 22 heavy (non-hydrogen) atoms. The predicted octanol–water partition coefficient (Wildman–Crippen LogP) is 4.76. The molecule has 0 aliphatic heterocycles. The van der Waals surface area contributed by atoms with Gasteiger partial charge in [0.2, 0.25) is 0 Å². The molecule has 3 rings (SSSR count). The fourth-order valence-corrected chi connectivity index (χ4v) is 2.03. The van der Waals surface area contributed by atoms with Gasteiger partial charge < -0.3 is 14.6 Å². The molecule has 3 aromatic rings. The van der Waals surface area contributed by atoms with E-state index in [4.69, 9.17) is 9.47 Å². The van der Waals surface area contributed by atoms with Gasteiger partial charge in [-0.15, -0.1) is 0 Å². The van der Waals surface area contributed by atoms with E-state index < -0.39 is 0 Å². The molecule has 0 amide bonds. The number of benzene rings is 3. The first-order valence-electron chi connectivity index (χ1n) is 7.03. The van der Waals surface area contributed by atoms with Gasteiger partial charge in [0, 0.05) is 0 Å². The Hall–Kier alpha value is -2.94. The SMILES string of the molecule is Oc1ccc(OCc2cccc(Oc3ccccc3)c2)cc1. The third-order valence-corrected chi connectivity index (χ3v) is 3.12. The molecule has 0 aliphatic rings. The number of phenols is 1. The Kier molecular flexibility index (Phi) is 4.25. The van der Waals surface area contributed by atoms with Crippen LogP contribution in [-0.4, -0.2) is 5.11 Å². The van der Waals surface area contributed by atoms with Gasteiger partial charge in [-0.3, -0.25) is 0 Å². The van der Waals surface area contributed by atoms with Crippen LogP contribution in [0, 0.1) is 0 Å². The molecule has 0 saturated heterocycles. The molecule has 0 aromatic heterocycles. The molecular formula is C19H16O3. The van der Waals surface area contributed by atoms with E-state index in [0.717, 1.165) is 17.1 Å². The fraction of sp³-hybridized carbons (Fsp3) is 0.0526. The highest BCUT2D eigenvalue weighted by Gasteiger charge is 2.00. The number of hydrogen-bond acceptors (Lipinski definition) is 3. The van der Waals surface area contributed by atoms with Crippen LogP contribution >= 0.6 is 0 Å². The van der Waals surface area contributed by atoms with Crippen LogP contribution in [0.2, 0.25) is 0 Å². The average Bonchev–Trinajstić information content (AvgIpc) is 2.56. The molecule has 0 fully saturated rings. The van der Waals surface area contributed by atoms with Crippen LogP contribution in [0.15, 0.2) is 78.9 Å². The summed E-state index contributed by atoms with van der Waals surface area (Å²) in [6.45, 7) is 0.441. The van der Waals surface area contributed by atoms with Gasteiger partial charge in [0.15, 0.2) is 0 Å². The molecule has 0 radical (unpaired) electrons. The predicted molar refractivity (Wildman–Crippen MR) is 85.4 cm³/mol. The summed E-state index contributed by atoms with van der Waals surface area (Å²) in [6, 6.07) is 24.1. The standard InChI is InChI=1S/C19H16O3/c20-16-9-11-17(12-10-16)21-14-15-5-4-8-19(13-15)22-18-6-2-1-3-7-18/h1-13,20H,14H2. The lowest BCUT2D eigenvalue weighted by atomic mass is 10.2. The molecule has 3 nitrogen and oxygen atoms in total. The minimum absolute atomic E-state index is 0.227. The summed E-state index contributed by atoms with van der Waals surface area (Å²) in [6.07, 6.45) is 0. The zero-order valence-corrected chi connectivity index (χ0v) is 12.0. The second-order valence-corrected chi connectivity index (χ2v) is 4.85. The van der Waals surface area contributed by atoms with Crippen LogP contribution in [0.3, 0.4) is 0 Å². The Morgan fingerprint density at radius 1 is 0.682 bits per heavy atom. The highest BCUT2D eigenvalue weighted by Crippen LogP contribution is 2.23. The van der Waals surface area contributed by atoms with Crippen LogP contribution in [0.4, 0.5) is 0 Å². The van der Waals surface area contributed by atoms with Gasteiger partial charge in [0.05, 0.1) is 0 Å². The van der Waals surface area contributed by atoms with Crippen LogP contribution in [0.25, 0.3) is 0 Å². The van der Waals surface area contributed by atoms with Gasteiger partial charge in [-0.05, 0) is 54.1 Å². The number of rotatable bonds is 5. The Bertz CT molecular complexity index is 721. The number of aromatic hydroxyl groups is 1. The number of hydrogen-bond donors (Lipinski definition) is 1. The van der Waals surface area contributed by atoms with E-state index in [-0.39, 0.29) is 5.75 Å². The molecule has 110 valence electrons. The molecule has 0 spiro atoms. The molecule has 0 heterocycles. The van der Waals surface area contributed by atoms with Crippen molar-refractivity contribution in [2.24, 2.45) is 0 Å². The third-order valence-electron chi connectivity index (χ3n) is 3.12. The molecule has 0 unspecified atom stereocenters. The van der Waals surface area contributed by atoms with Crippen molar-refractivity contribution in [1.82, 2.24) is 0 Å². The second kappa shape index (κ2) is 6.68. The summed E-state index contributed by atoms with van der Waals surface area (Å²) in [5.41, 5.74) is 1.02. The van der Waals surface area contributed by atoms with Crippen molar-refractivity contribution >= 4 is 0 Å². The topological polar surface area (TPSA) is 38.7 Å². The van der Waals surface area contributed by atoms with Crippen LogP contribution < -0.4 is 9.47 Å². The van der Waals surface area contributed by atoms with E-state index in [9.17, 15) is 5.11 Å². The smallest absolute Gasteiger partial charge is 0.127 e. The van der Waals surface area contributed by atoms with Crippen molar-refractivity contribution in [2.45, 2.75) is 6.61 Å². The van der Waals surface area contributed by atoms with E-state index in [0.29, 0.717) is 12.4 Å². The van der Waals surface area contributed by atoms with Gasteiger partial charge in [-0.1, -0.05) is 30.3 Å². The number of ether oxygens (including phenoxy) is 2. The monoisotopic (exact) mass is 292 g/mol. The van der Waals surface area contributed by atoms with Gasteiger partial charge in [-0.2, -0.15) is 0 Å². The summed E-state index contributed by atoms with van der Waals surface area (Å²) >= 11 is 0. The van der Waals surface area contributed by atoms with E-state index in [1.807, 2.05) is 54.6 Å². The largest absolute Gasteiger partial charge is 0.508 e. The Morgan fingerprint density at radius 2 is 1.41 bits per heavy atom. The van der Waals surface area contributed by atoms with E-state index in [2.05, 4.69) is 0 Å². The Labute approximate surface area is 129 Å². The van der Waals surface area contributed by atoms with Crippen LogP contribution in [-0.2, 0) is 6.61 Å². The first-order valence-corrected chi connectivity index (χ1v) is 7.03. The van der Waals surface area contributed by atoms with Crippen molar-refractivity contribution in [1.29, 1.82) is 0 Å². The summed E-state index contributed by atoms with van der Waals surface area (Å²) in [7, 11) is 0. The molecule has 3 heteroatoms. The molecule has 0 atom stereocenters. The minimum Gasteiger partial charge on any atom is -0.508 e. The Morgan fingerprint density at radius 3 is 2.18 bits per heavy atom. The van der Waals surface area contributed by atoms with Crippen LogP contribution in [0.1, 0.15) is 5.56 Å². The zero-order valence-electron chi connectivity index (χ0n) is 12.0. The number of para-hydroxylation sites is 1. The highest BCUT2D eigenvalue weighted by molar-refractivity contribution is 5.34. The van der Waals surface area contributed by atoms with E-state index in [1.165, 1.54) is 0 Å². The van der Waals surface area contributed by atoms with Crippen LogP contribution in [0.5, 0.6) is 23.0 Å². The minimum atomic E-state index is 0.227. The fourth-order valence-electron chi connectivity index (χ4n) is 2.03. The first kappa shape index (κ1) is 14.0. The van der Waals surface area contributed by atoms with Crippen molar-refractivity contribution in [3.63, 3.8) is 0 Å². The quantitative estimate of drug-likeness (QED) is 0.736. The van der Waals surface area contributed by atoms with Gasteiger partial charge in [0.1, 0.15) is 29.6 Å². The third kappa shape index (κ3) is 3.79. The lowest BCUT2D eigenvalue weighted by Crippen LogP contribution is -1.95. The summed E-state index contributed by atoms with van der Waals surface area (Å²) in [5.74, 6) is 2.52. The van der Waals surface area contributed by atoms with Crippen molar-refractivity contribution in [3.05, 3.63) is 84.4 Å². The average molecular weight is 292 g/mol. The maximum Gasteiger partial charge on any atom is 0.127 e. The molecule has 0 saturated carbocycles. The lowest BCUT2D eigenvalue weighted by Gasteiger charge is -2.09. The van der Waals surface area contributed by atoms with Gasteiger partial charge in [-0.25, -0.2) is 0 Å². The molecule has 0 bridgehead atoms. The normalized spacial score (nSPS) is 10.2. The second-order valence-electron chi connectivity index (χ2n) is 4.85. The van der Waals surface area contributed by atoms with E-state index >= 15 is 0 Å². The van der Waals surface area contributed by atoms with Gasteiger partial charge in [0.25, 0.3) is 0 Å². The summed E-state index contributed by atoms with van der Waals surface area (Å²) in [4.78, 5) is 0. The maximum atomic E-state index is 9.25. The maximum absolute atomic E-state index is 9.25. The molecule has 1 N–H and O–H groups in total. The first-order chi connectivity index (χ1) is 10.8. The lowest BCUT2D eigenvalue weighted by molar-refractivity contribution is 0.305.